The molecule has 0 aliphatic heterocycles. The Labute approximate surface area is 103 Å². The third-order valence-corrected chi connectivity index (χ3v) is 3.90. The highest BCUT2D eigenvalue weighted by atomic mass is 32.2. The summed E-state index contributed by atoms with van der Waals surface area (Å²) in [5, 5.41) is 8.62. The minimum absolute atomic E-state index is 0.0125. The smallest absolute Gasteiger partial charge is 0.307 e. The van der Waals surface area contributed by atoms with Crippen molar-refractivity contribution in [3.63, 3.8) is 0 Å². The van der Waals surface area contributed by atoms with Crippen LogP contribution < -0.4 is 0 Å². The predicted octanol–water partition coefficient (Wildman–Crippen LogP) is 1.46. The molecule has 4 nitrogen and oxygen atoms in total. The number of ether oxygens (including phenoxy) is 1. The van der Waals surface area contributed by atoms with E-state index in [-0.39, 0.29) is 12.5 Å². The summed E-state index contributed by atoms with van der Waals surface area (Å²) in [6.07, 6.45) is -0.0731. The first-order valence-electron chi connectivity index (χ1n) is 5.25. The lowest BCUT2D eigenvalue weighted by atomic mass is 10.2. The van der Waals surface area contributed by atoms with Crippen LogP contribution in [0.1, 0.15) is 12.5 Å². The maximum Gasteiger partial charge on any atom is 0.307 e. The van der Waals surface area contributed by atoms with Crippen molar-refractivity contribution in [1.29, 1.82) is 0 Å². The third kappa shape index (κ3) is 4.66. The zero-order valence-electron chi connectivity index (χ0n) is 9.88. The molecule has 17 heavy (non-hydrogen) atoms. The van der Waals surface area contributed by atoms with Gasteiger partial charge in [-0.1, -0.05) is 12.1 Å². The largest absolute Gasteiger partial charge is 0.481 e. The van der Waals surface area contributed by atoms with Gasteiger partial charge in [-0.2, -0.15) is 0 Å². The highest BCUT2D eigenvalue weighted by molar-refractivity contribution is 7.85. The van der Waals surface area contributed by atoms with Crippen LogP contribution >= 0.6 is 0 Å². The first kappa shape index (κ1) is 13.9. The molecule has 0 saturated heterocycles. The Morgan fingerprint density at radius 3 is 2.47 bits per heavy atom. The summed E-state index contributed by atoms with van der Waals surface area (Å²) in [7, 11) is 0.474. The monoisotopic (exact) mass is 256 g/mol. The van der Waals surface area contributed by atoms with E-state index in [2.05, 4.69) is 0 Å². The van der Waals surface area contributed by atoms with Gasteiger partial charge in [0.2, 0.25) is 0 Å². The highest BCUT2D eigenvalue weighted by Crippen LogP contribution is 2.11. The second kappa shape index (κ2) is 6.51. The number of carboxylic acids is 1. The van der Waals surface area contributed by atoms with Crippen molar-refractivity contribution in [3.8, 4) is 0 Å². The molecular formula is C12H16O4S. The topological polar surface area (TPSA) is 63.6 Å². The number of carbonyl (C=O) groups is 1. The average molecular weight is 256 g/mol. The quantitative estimate of drug-likeness (QED) is 0.837. The maximum absolute atomic E-state index is 11.9. The Hall–Kier alpha value is -1.20. The lowest BCUT2D eigenvalue weighted by Crippen LogP contribution is -2.15. The average Bonchev–Trinajstić information content (AvgIpc) is 2.28. The normalized spacial score (nSPS) is 14.2. The molecule has 0 saturated carbocycles. The fraction of sp³-hybridized carbons (Fsp3) is 0.417. The molecule has 0 spiro atoms. The molecule has 0 heterocycles. The van der Waals surface area contributed by atoms with Crippen molar-refractivity contribution < 1.29 is 18.8 Å². The number of hydrogen-bond donors (Lipinski definition) is 1. The van der Waals surface area contributed by atoms with E-state index < -0.39 is 16.8 Å². The fourth-order valence-electron chi connectivity index (χ4n) is 1.31. The van der Waals surface area contributed by atoms with Crippen molar-refractivity contribution in [2.24, 2.45) is 0 Å². The summed E-state index contributed by atoms with van der Waals surface area (Å²) in [5.41, 5.74) is 0.707. The molecular weight excluding hydrogens is 240 g/mol. The van der Waals surface area contributed by atoms with Crippen LogP contribution in [0.4, 0.5) is 0 Å². The molecule has 1 N–H and O–H groups in total. The number of hydrogen-bond acceptors (Lipinski definition) is 3. The number of methoxy groups -OCH3 is 1. The molecule has 0 bridgehead atoms. The Morgan fingerprint density at radius 1 is 1.41 bits per heavy atom. The van der Waals surface area contributed by atoms with Crippen LogP contribution in [0.15, 0.2) is 29.2 Å². The Morgan fingerprint density at radius 2 is 2.00 bits per heavy atom. The standard InChI is InChI=1S/C12H16O4S/c1-9(16-2)8-17(15)11-5-3-10(4-6-11)7-12(13)14/h3-6,9H,7-8H2,1-2H3,(H,13,14). The minimum atomic E-state index is -1.11. The lowest BCUT2D eigenvalue weighted by Gasteiger charge is -2.09. The van der Waals surface area contributed by atoms with Gasteiger partial charge in [0, 0.05) is 12.0 Å². The van der Waals surface area contributed by atoms with Gasteiger partial charge in [0.1, 0.15) is 0 Å². The number of rotatable bonds is 6. The molecule has 0 aliphatic carbocycles. The predicted molar refractivity (Wildman–Crippen MR) is 65.5 cm³/mol. The SMILES string of the molecule is COC(C)CS(=O)c1ccc(CC(=O)O)cc1. The first-order valence-corrected chi connectivity index (χ1v) is 6.56. The Bertz CT molecular complexity index is 399. The molecule has 5 heteroatoms. The van der Waals surface area contributed by atoms with Crippen molar-refractivity contribution in [2.75, 3.05) is 12.9 Å². The number of aliphatic carboxylic acids is 1. The van der Waals surface area contributed by atoms with Gasteiger partial charge in [0.25, 0.3) is 0 Å². The molecule has 0 aromatic heterocycles. The summed E-state index contributed by atoms with van der Waals surface area (Å²) in [6, 6.07) is 6.80. The number of benzene rings is 1. The van der Waals surface area contributed by atoms with Crippen molar-refractivity contribution >= 4 is 16.8 Å². The van der Waals surface area contributed by atoms with Gasteiger partial charge in [-0.3, -0.25) is 9.00 Å². The second-order valence-electron chi connectivity index (χ2n) is 3.77. The lowest BCUT2D eigenvalue weighted by molar-refractivity contribution is -0.136. The summed E-state index contributed by atoms with van der Waals surface area (Å²) >= 11 is 0. The molecule has 0 amide bonds. The summed E-state index contributed by atoms with van der Waals surface area (Å²) in [4.78, 5) is 11.2. The van der Waals surface area contributed by atoms with E-state index >= 15 is 0 Å². The molecule has 2 atom stereocenters. The fourth-order valence-corrected chi connectivity index (χ4v) is 2.51. The van der Waals surface area contributed by atoms with Crippen LogP contribution in [0, 0.1) is 0 Å². The van der Waals surface area contributed by atoms with Crippen molar-refractivity contribution in [3.05, 3.63) is 29.8 Å². The Kier molecular flexibility index (Phi) is 5.31. The van der Waals surface area contributed by atoms with Gasteiger partial charge in [-0.25, -0.2) is 0 Å². The van der Waals surface area contributed by atoms with Crippen LogP contribution in [0.2, 0.25) is 0 Å². The van der Waals surface area contributed by atoms with Crippen LogP contribution in [0.5, 0.6) is 0 Å². The Balaban J connectivity index is 2.67. The van der Waals surface area contributed by atoms with Gasteiger partial charge in [-0.15, -0.1) is 0 Å². The van der Waals surface area contributed by atoms with Crippen molar-refractivity contribution in [2.45, 2.75) is 24.3 Å². The summed E-state index contributed by atoms with van der Waals surface area (Å²) in [5.74, 6) is -0.429. The highest BCUT2D eigenvalue weighted by Gasteiger charge is 2.09. The van der Waals surface area contributed by atoms with Gasteiger partial charge < -0.3 is 9.84 Å². The van der Waals surface area contributed by atoms with Crippen LogP contribution in [-0.2, 0) is 26.8 Å². The zero-order valence-corrected chi connectivity index (χ0v) is 10.7. The molecule has 1 rings (SSSR count). The van der Waals surface area contributed by atoms with E-state index in [9.17, 15) is 9.00 Å². The van der Waals surface area contributed by atoms with E-state index in [1.807, 2.05) is 6.92 Å². The summed E-state index contributed by atoms with van der Waals surface area (Å²) < 4.78 is 16.9. The molecule has 0 radical (unpaired) electrons. The molecule has 0 fully saturated rings. The van der Waals surface area contributed by atoms with Crippen LogP contribution in [0.3, 0.4) is 0 Å². The van der Waals surface area contributed by atoms with Crippen molar-refractivity contribution in [1.82, 2.24) is 0 Å². The second-order valence-corrected chi connectivity index (χ2v) is 5.27. The summed E-state index contributed by atoms with van der Waals surface area (Å²) in [6.45, 7) is 1.86. The van der Waals surface area contributed by atoms with E-state index in [0.717, 1.165) is 0 Å². The first-order chi connectivity index (χ1) is 8.02. The molecule has 0 aliphatic rings. The maximum atomic E-state index is 11.9. The molecule has 94 valence electrons. The molecule has 1 aromatic carbocycles. The van der Waals surface area contributed by atoms with E-state index in [4.69, 9.17) is 9.84 Å². The van der Waals surface area contributed by atoms with Gasteiger partial charge in [-0.05, 0) is 24.6 Å². The van der Waals surface area contributed by atoms with Gasteiger partial charge >= 0.3 is 5.97 Å². The zero-order chi connectivity index (χ0) is 12.8. The van der Waals surface area contributed by atoms with E-state index in [1.54, 1.807) is 31.4 Å². The minimum Gasteiger partial charge on any atom is -0.481 e. The third-order valence-electron chi connectivity index (χ3n) is 2.33. The van der Waals surface area contributed by atoms with Crippen LogP contribution in [-0.4, -0.2) is 34.3 Å². The number of carboxylic acid groups (broad SMARTS) is 1. The van der Waals surface area contributed by atoms with Gasteiger partial charge in [0.05, 0.1) is 29.1 Å². The molecule has 2 unspecified atom stereocenters. The van der Waals surface area contributed by atoms with E-state index in [0.29, 0.717) is 16.2 Å². The van der Waals surface area contributed by atoms with Gasteiger partial charge in [0.15, 0.2) is 0 Å². The van der Waals surface area contributed by atoms with E-state index in [1.165, 1.54) is 0 Å². The van der Waals surface area contributed by atoms with Crippen LogP contribution in [0.25, 0.3) is 0 Å². The molecule has 1 aromatic rings.